The molecule has 24 heavy (non-hydrogen) atoms. The highest BCUT2D eigenvalue weighted by Gasteiger charge is 2.58. The van der Waals surface area contributed by atoms with Gasteiger partial charge in [0.25, 0.3) is 5.91 Å². The van der Waals surface area contributed by atoms with Crippen LogP contribution in [0.15, 0.2) is 4.42 Å². The quantitative estimate of drug-likeness (QED) is 0.878. The molecule has 0 bridgehead atoms. The Balaban J connectivity index is 1.70. The van der Waals surface area contributed by atoms with Gasteiger partial charge in [-0.3, -0.25) is 9.69 Å². The normalized spacial score (nSPS) is 33.2. The van der Waals surface area contributed by atoms with Crippen molar-refractivity contribution >= 4 is 5.91 Å². The third kappa shape index (κ3) is 2.75. The number of aliphatic hydroxyl groups excluding tert-OH is 1. The highest BCUT2D eigenvalue weighted by molar-refractivity contribution is 5.93. The molecule has 1 aromatic heterocycles. The van der Waals surface area contributed by atoms with E-state index in [1.165, 1.54) is 0 Å². The molecule has 1 aromatic rings. The molecule has 2 fully saturated rings. The number of amides is 1. The second-order valence-corrected chi connectivity index (χ2v) is 7.81. The summed E-state index contributed by atoms with van der Waals surface area (Å²) in [7, 11) is 0. The van der Waals surface area contributed by atoms with Crippen LogP contribution in [0.2, 0.25) is 0 Å². The molecule has 1 saturated heterocycles. The standard InChI is InChI=1S/C18H29N3O3/c1-6-21-9-18(16(21)10(2)3)7-13(14(22)8-18)20-17(23)15-11(4)24-12(5)19-15/h10,13-14,16,22H,6-9H2,1-5H3,(H,20,23)/t13-,14-,16?,18?/m1/s1. The third-order valence-corrected chi connectivity index (χ3v) is 5.72. The first-order valence-electron chi connectivity index (χ1n) is 8.94. The molecule has 2 aliphatic rings. The van der Waals surface area contributed by atoms with Crippen molar-refractivity contribution < 1.29 is 14.3 Å². The minimum Gasteiger partial charge on any atom is -0.445 e. The smallest absolute Gasteiger partial charge is 0.273 e. The lowest BCUT2D eigenvalue weighted by Crippen LogP contribution is -2.65. The molecule has 1 aliphatic carbocycles. The maximum Gasteiger partial charge on any atom is 0.273 e. The van der Waals surface area contributed by atoms with Gasteiger partial charge in [0.15, 0.2) is 11.6 Å². The van der Waals surface area contributed by atoms with Gasteiger partial charge in [-0.2, -0.15) is 0 Å². The monoisotopic (exact) mass is 335 g/mol. The summed E-state index contributed by atoms with van der Waals surface area (Å²) in [5, 5.41) is 13.5. The summed E-state index contributed by atoms with van der Waals surface area (Å²) in [5.41, 5.74) is 0.445. The fraction of sp³-hybridized carbons (Fsp3) is 0.778. The topological polar surface area (TPSA) is 78.6 Å². The van der Waals surface area contributed by atoms with Crippen LogP contribution in [0.1, 0.15) is 55.8 Å². The van der Waals surface area contributed by atoms with E-state index in [4.69, 9.17) is 4.42 Å². The molecular formula is C18H29N3O3. The van der Waals surface area contributed by atoms with Crippen LogP contribution < -0.4 is 5.32 Å². The number of aryl methyl sites for hydroxylation is 2. The molecular weight excluding hydrogens is 306 g/mol. The van der Waals surface area contributed by atoms with Crippen LogP contribution in [-0.4, -0.2) is 52.2 Å². The van der Waals surface area contributed by atoms with Crippen molar-refractivity contribution in [3.63, 3.8) is 0 Å². The first-order chi connectivity index (χ1) is 11.3. The van der Waals surface area contributed by atoms with Crippen LogP contribution in [-0.2, 0) is 0 Å². The molecule has 4 atom stereocenters. The van der Waals surface area contributed by atoms with E-state index in [0.717, 1.165) is 25.9 Å². The minimum atomic E-state index is -0.498. The Morgan fingerprint density at radius 1 is 1.46 bits per heavy atom. The van der Waals surface area contributed by atoms with E-state index in [1.807, 2.05) is 0 Å². The lowest BCUT2D eigenvalue weighted by atomic mass is 9.65. The van der Waals surface area contributed by atoms with Crippen LogP contribution in [0.5, 0.6) is 0 Å². The fourth-order valence-corrected chi connectivity index (χ4v) is 5.02. The van der Waals surface area contributed by atoms with E-state index < -0.39 is 6.10 Å². The van der Waals surface area contributed by atoms with Crippen molar-refractivity contribution in [3.8, 4) is 0 Å². The summed E-state index contributed by atoms with van der Waals surface area (Å²) in [6, 6.07) is 0.268. The number of hydrogen-bond donors (Lipinski definition) is 2. The van der Waals surface area contributed by atoms with Crippen LogP contribution in [0.4, 0.5) is 0 Å². The van der Waals surface area contributed by atoms with Gasteiger partial charge >= 0.3 is 0 Å². The number of carbonyl (C=O) groups excluding carboxylic acids is 1. The second-order valence-electron chi connectivity index (χ2n) is 7.81. The maximum absolute atomic E-state index is 12.5. The number of nitrogens with one attached hydrogen (secondary N) is 1. The van der Waals surface area contributed by atoms with E-state index >= 15 is 0 Å². The van der Waals surface area contributed by atoms with Gasteiger partial charge in [0.1, 0.15) is 5.76 Å². The van der Waals surface area contributed by atoms with E-state index in [-0.39, 0.29) is 17.4 Å². The number of carbonyl (C=O) groups is 1. The largest absolute Gasteiger partial charge is 0.445 e. The van der Waals surface area contributed by atoms with Crippen LogP contribution in [0.3, 0.4) is 0 Å². The Morgan fingerprint density at radius 3 is 2.71 bits per heavy atom. The molecule has 1 spiro atoms. The van der Waals surface area contributed by atoms with E-state index in [9.17, 15) is 9.90 Å². The van der Waals surface area contributed by atoms with Crippen LogP contribution in [0, 0.1) is 25.2 Å². The van der Waals surface area contributed by atoms with Gasteiger partial charge in [-0.15, -0.1) is 0 Å². The minimum absolute atomic E-state index is 0.121. The Kier molecular flexibility index (Phi) is 4.47. The summed E-state index contributed by atoms with van der Waals surface area (Å²) in [5.74, 6) is 1.30. The summed E-state index contributed by atoms with van der Waals surface area (Å²) in [6.45, 7) is 12.2. The molecule has 2 heterocycles. The summed E-state index contributed by atoms with van der Waals surface area (Å²) in [6.07, 6.45) is 1.09. The van der Waals surface area contributed by atoms with Crippen molar-refractivity contribution in [2.24, 2.45) is 11.3 Å². The fourth-order valence-electron chi connectivity index (χ4n) is 5.02. The number of hydrogen-bond acceptors (Lipinski definition) is 5. The predicted octanol–water partition coefficient (Wildman–Crippen LogP) is 1.89. The number of likely N-dealkylation sites (tertiary alicyclic amines) is 1. The van der Waals surface area contributed by atoms with Gasteiger partial charge in [-0.1, -0.05) is 20.8 Å². The third-order valence-electron chi connectivity index (χ3n) is 5.72. The van der Waals surface area contributed by atoms with Crippen molar-refractivity contribution in [2.45, 2.75) is 65.6 Å². The van der Waals surface area contributed by atoms with Crippen molar-refractivity contribution in [3.05, 3.63) is 17.3 Å². The number of nitrogens with zero attached hydrogens (tertiary/aromatic N) is 2. The molecule has 6 nitrogen and oxygen atoms in total. The maximum atomic E-state index is 12.5. The summed E-state index contributed by atoms with van der Waals surface area (Å²) < 4.78 is 5.34. The highest BCUT2D eigenvalue weighted by Crippen LogP contribution is 2.52. The highest BCUT2D eigenvalue weighted by atomic mass is 16.4. The number of aromatic nitrogens is 1. The zero-order valence-electron chi connectivity index (χ0n) is 15.3. The second kappa shape index (κ2) is 6.15. The van der Waals surface area contributed by atoms with E-state index in [2.05, 4.69) is 36.0 Å². The molecule has 0 radical (unpaired) electrons. The van der Waals surface area contributed by atoms with Gasteiger partial charge in [0, 0.05) is 24.9 Å². The lowest BCUT2D eigenvalue weighted by molar-refractivity contribution is -0.0963. The molecule has 6 heteroatoms. The summed E-state index contributed by atoms with van der Waals surface area (Å²) >= 11 is 0. The molecule has 0 aromatic carbocycles. The molecule has 3 rings (SSSR count). The Morgan fingerprint density at radius 2 is 2.17 bits per heavy atom. The Labute approximate surface area is 143 Å². The average Bonchev–Trinajstić information content (AvgIpc) is 2.97. The molecule has 1 saturated carbocycles. The lowest BCUT2D eigenvalue weighted by Gasteiger charge is -2.58. The van der Waals surface area contributed by atoms with Gasteiger partial charge < -0.3 is 14.8 Å². The van der Waals surface area contributed by atoms with Gasteiger partial charge in [-0.25, -0.2) is 4.98 Å². The van der Waals surface area contributed by atoms with E-state index in [0.29, 0.717) is 29.3 Å². The first kappa shape index (κ1) is 17.4. The van der Waals surface area contributed by atoms with Crippen molar-refractivity contribution in [1.29, 1.82) is 0 Å². The molecule has 2 unspecified atom stereocenters. The van der Waals surface area contributed by atoms with Gasteiger partial charge in [0.05, 0.1) is 12.1 Å². The van der Waals surface area contributed by atoms with E-state index in [1.54, 1.807) is 13.8 Å². The zero-order valence-corrected chi connectivity index (χ0v) is 15.3. The first-order valence-corrected chi connectivity index (χ1v) is 8.94. The predicted molar refractivity (Wildman–Crippen MR) is 90.8 cm³/mol. The number of oxazole rings is 1. The molecule has 2 N–H and O–H groups in total. The number of rotatable bonds is 4. The van der Waals surface area contributed by atoms with Gasteiger partial charge in [0.2, 0.25) is 0 Å². The molecule has 1 amide bonds. The van der Waals surface area contributed by atoms with Crippen LogP contribution in [0.25, 0.3) is 0 Å². The summed E-state index contributed by atoms with van der Waals surface area (Å²) in [4.78, 5) is 19.1. The SMILES string of the molecule is CCN1CC2(C[C@@H](O)[C@H](NC(=O)c3nc(C)oc3C)C2)C1C(C)C. The molecule has 134 valence electrons. The Hall–Kier alpha value is -1.40. The van der Waals surface area contributed by atoms with Crippen molar-refractivity contribution in [2.75, 3.05) is 13.1 Å². The Bertz CT molecular complexity index is 627. The van der Waals surface area contributed by atoms with Crippen molar-refractivity contribution in [1.82, 2.24) is 15.2 Å². The molecule has 1 aliphatic heterocycles. The average molecular weight is 335 g/mol. The van der Waals surface area contributed by atoms with Crippen LogP contribution >= 0.6 is 0 Å². The number of aliphatic hydroxyl groups is 1. The van der Waals surface area contributed by atoms with Gasteiger partial charge in [-0.05, 0) is 32.2 Å². The zero-order chi connectivity index (χ0) is 17.6.